The molecule has 1 fully saturated rings. The summed E-state index contributed by atoms with van der Waals surface area (Å²) >= 11 is 0. The molecule has 0 saturated carbocycles. The number of nitrogens with zero attached hydrogens (tertiary/aromatic N) is 4. The van der Waals surface area contributed by atoms with Crippen molar-refractivity contribution in [2.75, 3.05) is 50.9 Å². The lowest BCUT2D eigenvalue weighted by atomic mass is 10.1. The molecule has 142 valence electrons. The van der Waals surface area contributed by atoms with Crippen LogP contribution in [0.4, 0.5) is 11.8 Å². The zero-order valence-electron chi connectivity index (χ0n) is 15.2. The van der Waals surface area contributed by atoms with E-state index >= 15 is 0 Å². The lowest BCUT2D eigenvalue weighted by Crippen LogP contribution is -2.36. The number of nitrogen functional groups attached to an aromatic ring is 2. The number of aromatic nitrogens is 2. The number of rotatable bonds is 7. The van der Waals surface area contributed by atoms with Crippen molar-refractivity contribution in [2.45, 2.75) is 12.8 Å². The van der Waals surface area contributed by atoms with Gasteiger partial charge in [0.15, 0.2) is 0 Å². The Morgan fingerprint density at radius 1 is 1.11 bits per heavy atom. The van der Waals surface area contributed by atoms with Gasteiger partial charge in [-0.15, -0.1) is 0 Å². The fraction of sp³-hybridized carbons (Fsp3) is 0.421. The van der Waals surface area contributed by atoms with E-state index in [1.165, 1.54) is 0 Å². The molecule has 3 rings (SSSR count). The first-order chi connectivity index (χ1) is 13.2. The minimum Gasteiger partial charge on any atom is -0.494 e. The number of nitrogens with two attached hydrogens (primary N) is 2. The number of hydrogen-bond acceptors (Lipinski definition) is 8. The highest BCUT2D eigenvalue weighted by atomic mass is 16.5. The Bertz CT molecular complexity index is 797. The number of hydrogen-bond donors (Lipinski definition) is 2. The quantitative estimate of drug-likeness (QED) is 0.707. The highest BCUT2D eigenvalue weighted by Gasteiger charge is 2.13. The molecule has 1 aliphatic rings. The van der Waals surface area contributed by atoms with E-state index in [9.17, 15) is 5.26 Å². The van der Waals surface area contributed by atoms with E-state index in [4.69, 9.17) is 20.9 Å². The van der Waals surface area contributed by atoms with E-state index in [0.717, 1.165) is 57.0 Å². The Hall–Kier alpha value is -2.89. The lowest BCUT2D eigenvalue weighted by molar-refractivity contribution is 0.0368. The minimum absolute atomic E-state index is 0.0436. The Labute approximate surface area is 158 Å². The van der Waals surface area contributed by atoms with Gasteiger partial charge in [-0.25, -0.2) is 4.98 Å². The van der Waals surface area contributed by atoms with Crippen LogP contribution in [0.3, 0.4) is 0 Å². The molecule has 0 spiro atoms. The number of anilines is 2. The first-order valence-electron chi connectivity index (χ1n) is 9.04. The van der Waals surface area contributed by atoms with Crippen molar-refractivity contribution >= 4 is 11.8 Å². The molecule has 27 heavy (non-hydrogen) atoms. The first-order valence-corrected chi connectivity index (χ1v) is 9.04. The van der Waals surface area contributed by atoms with E-state index in [0.29, 0.717) is 12.3 Å². The molecule has 1 aliphatic heterocycles. The Morgan fingerprint density at radius 3 is 2.56 bits per heavy atom. The average Bonchev–Trinajstić information content (AvgIpc) is 2.68. The van der Waals surface area contributed by atoms with Gasteiger partial charge in [0.05, 0.1) is 25.5 Å². The number of benzene rings is 1. The maximum absolute atomic E-state index is 9.28. The molecule has 8 nitrogen and oxygen atoms in total. The van der Waals surface area contributed by atoms with Crippen molar-refractivity contribution in [3.8, 4) is 23.1 Å². The maximum Gasteiger partial charge on any atom is 0.222 e. The molecule has 0 bridgehead atoms. The second-order valence-corrected chi connectivity index (χ2v) is 6.34. The molecular formula is C19H24N6O2. The van der Waals surface area contributed by atoms with Crippen LogP contribution in [-0.4, -0.2) is 54.3 Å². The van der Waals surface area contributed by atoms with Crippen LogP contribution in [0.15, 0.2) is 24.3 Å². The van der Waals surface area contributed by atoms with Gasteiger partial charge in [-0.2, -0.15) is 10.2 Å². The minimum atomic E-state index is 0.0436. The van der Waals surface area contributed by atoms with Crippen LogP contribution < -0.4 is 16.2 Å². The van der Waals surface area contributed by atoms with Crippen molar-refractivity contribution in [1.29, 1.82) is 5.26 Å². The van der Waals surface area contributed by atoms with Crippen LogP contribution in [0.5, 0.6) is 5.75 Å². The molecule has 2 heterocycles. The first kappa shape index (κ1) is 18.9. The van der Waals surface area contributed by atoms with E-state index in [1.54, 1.807) is 0 Å². The summed E-state index contributed by atoms with van der Waals surface area (Å²) in [7, 11) is 0. The fourth-order valence-corrected chi connectivity index (χ4v) is 2.98. The zero-order valence-corrected chi connectivity index (χ0v) is 15.2. The summed E-state index contributed by atoms with van der Waals surface area (Å²) in [5.41, 5.74) is 12.8. The summed E-state index contributed by atoms with van der Waals surface area (Å²) < 4.78 is 11.1. The fourth-order valence-electron chi connectivity index (χ4n) is 2.98. The van der Waals surface area contributed by atoms with Crippen LogP contribution in [0.25, 0.3) is 11.3 Å². The smallest absolute Gasteiger partial charge is 0.222 e. The average molecular weight is 368 g/mol. The van der Waals surface area contributed by atoms with Crippen molar-refractivity contribution in [1.82, 2.24) is 14.9 Å². The molecule has 1 aromatic carbocycles. The van der Waals surface area contributed by atoms with Crippen LogP contribution in [0, 0.1) is 11.3 Å². The molecule has 1 aromatic heterocycles. The normalized spacial score (nSPS) is 14.6. The van der Waals surface area contributed by atoms with Gasteiger partial charge < -0.3 is 20.9 Å². The SMILES string of the molecule is N#Cc1c(N)nc(N)nc1-c1ccc(OCCCCN2CCOCC2)cc1. The molecule has 0 radical (unpaired) electrons. The van der Waals surface area contributed by atoms with Crippen LogP contribution in [0.1, 0.15) is 18.4 Å². The number of morpholine rings is 1. The van der Waals surface area contributed by atoms with Gasteiger partial charge in [0.2, 0.25) is 5.95 Å². The summed E-state index contributed by atoms with van der Waals surface area (Å²) in [6, 6.07) is 9.42. The highest BCUT2D eigenvalue weighted by Crippen LogP contribution is 2.27. The van der Waals surface area contributed by atoms with Crippen LogP contribution in [0.2, 0.25) is 0 Å². The summed E-state index contributed by atoms with van der Waals surface area (Å²) in [4.78, 5) is 10.4. The number of nitriles is 1. The van der Waals surface area contributed by atoms with Crippen molar-refractivity contribution < 1.29 is 9.47 Å². The van der Waals surface area contributed by atoms with E-state index in [2.05, 4.69) is 14.9 Å². The van der Waals surface area contributed by atoms with Gasteiger partial charge in [0.1, 0.15) is 23.2 Å². The molecule has 1 saturated heterocycles. The third-order valence-electron chi connectivity index (χ3n) is 4.43. The number of unbranched alkanes of at least 4 members (excludes halogenated alkanes) is 1. The molecule has 0 aliphatic carbocycles. The van der Waals surface area contributed by atoms with Gasteiger partial charge in [0, 0.05) is 18.7 Å². The Morgan fingerprint density at radius 2 is 1.85 bits per heavy atom. The van der Waals surface area contributed by atoms with Crippen LogP contribution in [-0.2, 0) is 4.74 Å². The molecule has 0 unspecified atom stereocenters. The summed E-state index contributed by atoms with van der Waals surface area (Å²) in [6.07, 6.45) is 2.10. The second kappa shape index (κ2) is 9.16. The monoisotopic (exact) mass is 368 g/mol. The molecule has 4 N–H and O–H groups in total. The van der Waals surface area contributed by atoms with Gasteiger partial charge in [-0.3, -0.25) is 4.90 Å². The third kappa shape index (κ3) is 5.06. The highest BCUT2D eigenvalue weighted by molar-refractivity contribution is 5.73. The lowest BCUT2D eigenvalue weighted by Gasteiger charge is -2.26. The van der Waals surface area contributed by atoms with E-state index in [1.807, 2.05) is 30.3 Å². The topological polar surface area (TPSA) is 123 Å². The molecular weight excluding hydrogens is 344 g/mol. The summed E-state index contributed by atoms with van der Waals surface area (Å²) in [6.45, 7) is 5.45. The van der Waals surface area contributed by atoms with Crippen molar-refractivity contribution in [2.24, 2.45) is 0 Å². The molecule has 2 aromatic rings. The molecule has 0 atom stereocenters. The Balaban J connectivity index is 1.51. The van der Waals surface area contributed by atoms with Crippen molar-refractivity contribution in [3.05, 3.63) is 29.8 Å². The predicted octanol–water partition coefficient (Wildman–Crippen LogP) is 1.67. The maximum atomic E-state index is 9.28. The standard InChI is InChI=1S/C19H24N6O2/c20-13-16-17(23-19(22)24-18(16)21)14-3-5-15(6-4-14)27-10-2-1-7-25-8-11-26-12-9-25/h3-6H,1-2,7-12H2,(H4,21,22,23,24). The molecule has 0 amide bonds. The van der Waals surface area contributed by atoms with Crippen molar-refractivity contribution in [3.63, 3.8) is 0 Å². The van der Waals surface area contributed by atoms with Crippen LogP contribution >= 0.6 is 0 Å². The van der Waals surface area contributed by atoms with Gasteiger partial charge >= 0.3 is 0 Å². The van der Waals surface area contributed by atoms with E-state index in [-0.39, 0.29) is 17.3 Å². The summed E-state index contributed by atoms with van der Waals surface area (Å²) in [5.74, 6) is 0.904. The van der Waals surface area contributed by atoms with Gasteiger partial charge in [-0.05, 0) is 43.7 Å². The third-order valence-corrected chi connectivity index (χ3v) is 4.43. The Kier molecular flexibility index (Phi) is 6.41. The predicted molar refractivity (Wildman–Crippen MR) is 103 cm³/mol. The number of ether oxygens (including phenoxy) is 2. The largest absolute Gasteiger partial charge is 0.494 e. The van der Waals surface area contributed by atoms with Gasteiger partial charge in [0.25, 0.3) is 0 Å². The van der Waals surface area contributed by atoms with Gasteiger partial charge in [-0.1, -0.05) is 0 Å². The van der Waals surface area contributed by atoms with E-state index < -0.39 is 0 Å². The summed E-state index contributed by atoms with van der Waals surface area (Å²) in [5, 5.41) is 9.28. The second-order valence-electron chi connectivity index (χ2n) is 6.34. The molecule has 8 heteroatoms. The zero-order chi connectivity index (χ0) is 19.1.